The predicted molar refractivity (Wildman–Crippen MR) is 72.5 cm³/mol. The molecule has 2 rings (SSSR count). The van der Waals surface area contributed by atoms with Crippen LogP contribution in [-0.4, -0.2) is 19.9 Å². The second kappa shape index (κ2) is 5.56. The molecule has 9 heteroatoms. The zero-order chi connectivity index (χ0) is 14.9. The molecule has 0 atom stereocenters. The molecule has 7 nitrogen and oxygen atoms in total. The standard InChI is InChI=1S/C11H8Cl2N4O3/c1-5-3-6(2)8(7(4-5)17(18)19)20-11-15-9(12)14-10(13)16-11/h3-4H,1-2H3. The van der Waals surface area contributed by atoms with Gasteiger partial charge in [-0.25, -0.2) is 0 Å². The van der Waals surface area contributed by atoms with Crippen LogP contribution in [0.1, 0.15) is 11.1 Å². The highest BCUT2D eigenvalue weighted by Crippen LogP contribution is 2.34. The molecule has 0 aliphatic rings. The van der Waals surface area contributed by atoms with E-state index >= 15 is 0 Å². The molecule has 1 aromatic carbocycles. The van der Waals surface area contributed by atoms with Crippen LogP contribution < -0.4 is 4.74 Å². The first-order chi connectivity index (χ1) is 9.36. The smallest absolute Gasteiger partial charge is 0.327 e. The van der Waals surface area contributed by atoms with Crippen LogP contribution in [0.3, 0.4) is 0 Å². The van der Waals surface area contributed by atoms with E-state index in [2.05, 4.69) is 15.0 Å². The highest BCUT2D eigenvalue weighted by atomic mass is 35.5. The van der Waals surface area contributed by atoms with E-state index < -0.39 is 4.92 Å². The van der Waals surface area contributed by atoms with Gasteiger partial charge in [-0.1, -0.05) is 6.07 Å². The highest BCUT2D eigenvalue weighted by molar-refractivity contribution is 6.31. The summed E-state index contributed by atoms with van der Waals surface area (Å²) >= 11 is 11.2. The van der Waals surface area contributed by atoms with Gasteiger partial charge in [-0.15, -0.1) is 0 Å². The van der Waals surface area contributed by atoms with Crippen LogP contribution >= 0.6 is 23.2 Å². The average molecular weight is 315 g/mol. The van der Waals surface area contributed by atoms with E-state index in [1.54, 1.807) is 19.9 Å². The average Bonchev–Trinajstić information content (AvgIpc) is 2.30. The molecule has 0 radical (unpaired) electrons. The number of hydrogen-bond acceptors (Lipinski definition) is 6. The van der Waals surface area contributed by atoms with Gasteiger partial charge in [-0.2, -0.15) is 15.0 Å². The van der Waals surface area contributed by atoms with E-state index in [4.69, 9.17) is 27.9 Å². The van der Waals surface area contributed by atoms with Gasteiger partial charge in [0.1, 0.15) is 0 Å². The fourth-order valence-corrected chi connectivity index (χ4v) is 1.99. The van der Waals surface area contributed by atoms with Gasteiger partial charge in [-0.05, 0) is 48.2 Å². The van der Waals surface area contributed by atoms with Crippen molar-refractivity contribution in [1.82, 2.24) is 15.0 Å². The van der Waals surface area contributed by atoms with Crippen LogP contribution in [0.4, 0.5) is 5.69 Å². The van der Waals surface area contributed by atoms with E-state index in [1.807, 2.05) is 0 Å². The molecule has 1 heterocycles. The molecule has 0 N–H and O–H groups in total. The maximum atomic E-state index is 11.1. The number of aryl methyl sites for hydroxylation is 2. The molecule has 104 valence electrons. The van der Waals surface area contributed by atoms with Crippen molar-refractivity contribution in [3.05, 3.63) is 43.9 Å². The Bertz CT molecular complexity index is 673. The monoisotopic (exact) mass is 314 g/mol. The Morgan fingerprint density at radius 3 is 2.30 bits per heavy atom. The molecular formula is C11H8Cl2N4O3. The van der Waals surface area contributed by atoms with Crippen molar-refractivity contribution in [2.24, 2.45) is 0 Å². The fourth-order valence-electron chi connectivity index (χ4n) is 1.65. The number of rotatable bonds is 3. The van der Waals surface area contributed by atoms with Crippen molar-refractivity contribution in [3.63, 3.8) is 0 Å². The SMILES string of the molecule is Cc1cc(C)c(Oc2nc(Cl)nc(Cl)n2)c([N+](=O)[O-])c1. The van der Waals surface area contributed by atoms with Gasteiger partial charge in [0.15, 0.2) is 0 Å². The Balaban J connectivity index is 2.50. The molecule has 0 saturated heterocycles. The fraction of sp³-hybridized carbons (Fsp3) is 0.182. The van der Waals surface area contributed by atoms with Crippen molar-refractivity contribution in [3.8, 4) is 11.8 Å². The largest absolute Gasteiger partial charge is 0.416 e. The Kier molecular flexibility index (Phi) is 4.01. The number of benzene rings is 1. The van der Waals surface area contributed by atoms with E-state index in [1.165, 1.54) is 6.07 Å². The third-order valence-electron chi connectivity index (χ3n) is 2.35. The lowest BCUT2D eigenvalue weighted by Crippen LogP contribution is -2.00. The molecular weight excluding hydrogens is 307 g/mol. The van der Waals surface area contributed by atoms with E-state index in [-0.39, 0.29) is 28.0 Å². The van der Waals surface area contributed by atoms with Crippen molar-refractivity contribution < 1.29 is 9.66 Å². The van der Waals surface area contributed by atoms with Gasteiger partial charge in [0.2, 0.25) is 16.3 Å². The number of hydrogen-bond donors (Lipinski definition) is 0. The quantitative estimate of drug-likeness (QED) is 0.636. The summed E-state index contributed by atoms with van der Waals surface area (Å²) in [5, 5.41) is 10.8. The summed E-state index contributed by atoms with van der Waals surface area (Å²) in [6.07, 6.45) is 0. The summed E-state index contributed by atoms with van der Waals surface area (Å²) in [5.74, 6) is 0.0407. The van der Waals surface area contributed by atoms with Gasteiger partial charge in [-0.3, -0.25) is 10.1 Å². The van der Waals surface area contributed by atoms with Crippen LogP contribution in [0.5, 0.6) is 11.8 Å². The minimum atomic E-state index is -0.542. The number of aromatic nitrogens is 3. The first kappa shape index (κ1) is 14.4. The maximum Gasteiger partial charge on any atom is 0.327 e. The summed E-state index contributed by atoms with van der Waals surface area (Å²) in [6.45, 7) is 3.43. The third kappa shape index (κ3) is 3.12. The molecule has 0 unspecified atom stereocenters. The lowest BCUT2D eigenvalue weighted by atomic mass is 10.1. The molecule has 1 aromatic heterocycles. The van der Waals surface area contributed by atoms with Crippen LogP contribution in [-0.2, 0) is 0 Å². The number of nitro groups is 1. The number of ether oxygens (including phenoxy) is 1. The molecule has 0 spiro atoms. The number of halogens is 2. The summed E-state index contributed by atoms with van der Waals surface area (Å²) < 4.78 is 5.35. The zero-order valence-electron chi connectivity index (χ0n) is 10.4. The number of nitro benzene ring substituents is 1. The van der Waals surface area contributed by atoms with E-state index in [9.17, 15) is 10.1 Å². The van der Waals surface area contributed by atoms with Gasteiger partial charge < -0.3 is 4.74 Å². The van der Waals surface area contributed by atoms with Crippen molar-refractivity contribution in [2.75, 3.05) is 0 Å². The first-order valence-corrected chi connectivity index (χ1v) is 6.13. The molecule has 0 saturated carbocycles. The maximum absolute atomic E-state index is 11.1. The molecule has 0 bridgehead atoms. The normalized spacial score (nSPS) is 10.4. The van der Waals surface area contributed by atoms with Gasteiger partial charge >= 0.3 is 11.7 Å². The highest BCUT2D eigenvalue weighted by Gasteiger charge is 2.20. The summed E-state index contributed by atoms with van der Waals surface area (Å²) in [7, 11) is 0. The minimum Gasteiger partial charge on any atom is -0.416 e. The predicted octanol–water partition coefficient (Wildman–Crippen LogP) is 3.50. The number of nitrogens with zero attached hydrogens (tertiary/aromatic N) is 4. The van der Waals surface area contributed by atoms with Crippen molar-refractivity contribution >= 4 is 28.9 Å². The van der Waals surface area contributed by atoms with Crippen molar-refractivity contribution in [1.29, 1.82) is 0 Å². The zero-order valence-corrected chi connectivity index (χ0v) is 11.9. The first-order valence-electron chi connectivity index (χ1n) is 5.37. The van der Waals surface area contributed by atoms with Gasteiger partial charge in [0.05, 0.1) is 4.92 Å². The summed E-state index contributed by atoms with van der Waals surface area (Å²) in [5.41, 5.74) is 1.13. The topological polar surface area (TPSA) is 91.0 Å². The molecule has 0 fully saturated rings. The Morgan fingerprint density at radius 1 is 1.15 bits per heavy atom. The van der Waals surface area contributed by atoms with E-state index in [0.29, 0.717) is 5.56 Å². The molecule has 20 heavy (non-hydrogen) atoms. The van der Waals surface area contributed by atoms with Crippen LogP contribution in [0.2, 0.25) is 10.6 Å². The minimum absolute atomic E-state index is 0.0407. The van der Waals surface area contributed by atoms with Crippen molar-refractivity contribution in [2.45, 2.75) is 13.8 Å². The molecule has 0 aliphatic heterocycles. The summed E-state index contributed by atoms with van der Waals surface area (Å²) in [6, 6.07) is 2.93. The molecule has 0 aliphatic carbocycles. The Labute approximate surface area is 123 Å². The Morgan fingerprint density at radius 2 is 1.75 bits per heavy atom. The van der Waals surface area contributed by atoms with Gasteiger partial charge in [0, 0.05) is 6.07 Å². The molecule has 0 amide bonds. The van der Waals surface area contributed by atoms with Crippen LogP contribution in [0.15, 0.2) is 12.1 Å². The summed E-state index contributed by atoms with van der Waals surface area (Å²) in [4.78, 5) is 21.5. The van der Waals surface area contributed by atoms with Crippen LogP contribution in [0.25, 0.3) is 0 Å². The lowest BCUT2D eigenvalue weighted by Gasteiger charge is -2.08. The lowest BCUT2D eigenvalue weighted by molar-refractivity contribution is -0.385. The van der Waals surface area contributed by atoms with E-state index in [0.717, 1.165) is 5.56 Å². The van der Waals surface area contributed by atoms with Gasteiger partial charge in [0.25, 0.3) is 0 Å². The molecule has 2 aromatic rings. The van der Waals surface area contributed by atoms with Crippen LogP contribution in [0, 0.1) is 24.0 Å². The second-order valence-corrected chi connectivity index (χ2v) is 4.62. The Hall–Kier alpha value is -1.99. The third-order valence-corrected chi connectivity index (χ3v) is 2.69. The second-order valence-electron chi connectivity index (χ2n) is 3.95.